The number of alkyl halides is 3. The number of hydrogen-bond donors (Lipinski definition) is 0. The Balaban J connectivity index is 2.26. The Kier molecular flexibility index (Phi) is 3.64. The number of methoxy groups -OCH3 is 1. The predicted molar refractivity (Wildman–Crippen MR) is 60.0 cm³/mol. The van der Waals surface area contributed by atoms with Crippen LogP contribution in [-0.2, 0) is 0 Å². The molecule has 19 heavy (non-hydrogen) atoms. The van der Waals surface area contributed by atoms with Crippen LogP contribution in [0.15, 0.2) is 35.1 Å². The van der Waals surface area contributed by atoms with Gasteiger partial charge in [0.15, 0.2) is 18.1 Å². The molecule has 0 atom stereocenters. The molecule has 0 N–H and O–H groups in total. The van der Waals surface area contributed by atoms with Gasteiger partial charge in [-0.25, -0.2) is 4.98 Å². The van der Waals surface area contributed by atoms with Gasteiger partial charge in [-0.1, -0.05) is 0 Å². The second-order valence-electron chi connectivity index (χ2n) is 3.61. The van der Waals surface area contributed by atoms with Crippen molar-refractivity contribution in [2.45, 2.75) is 6.18 Å². The molecule has 0 unspecified atom stereocenters. The van der Waals surface area contributed by atoms with Gasteiger partial charge in [0.2, 0.25) is 5.89 Å². The van der Waals surface area contributed by atoms with Crippen molar-refractivity contribution in [3.8, 4) is 23.0 Å². The highest BCUT2D eigenvalue weighted by Crippen LogP contribution is 2.33. The van der Waals surface area contributed by atoms with E-state index in [0.29, 0.717) is 11.5 Å². The maximum atomic E-state index is 12.2. The monoisotopic (exact) mass is 273 g/mol. The van der Waals surface area contributed by atoms with Crippen molar-refractivity contribution in [1.82, 2.24) is 4.98 Å². The quantitative estimate of drug-likeness (QED) is 0.857. The van der Waals surface area contributed by atoms with Crippen LogP contribution in [0.25, 0.3) is 11.5 Å². The van der Waals surface area contributed by atoms with E-state index in [-0.39, 0.29) is 11.5 Å². The van der Waals surface area contributed by atoms with Crippen molar-refractivity contribution in [2.75, 3.05) is 13.7 Å². The van der Waals surface area contributed by atoms with Crippen molar-refractivity contribution in [1.29, 1.82) is 0 Å². The van der Waals surface area contributed by atoms with Crippen LogP contribution in [0.1, 0.15) is 0 Å². The Morgan fingerprint density at radius 2 is 2.05 bits per heavy atom. The topological polar surface area (TPSA) is 44.5 Å². The Hall–Kier alpha value is -2.18. The van der Waals surface area contributed by atoms with Gasteiger partial charge in [-0.15, -0.1) is 0 Å². The van der Waals surface area contributed by atoms with Crippen molar-refractivity contribution in [3.05, 3.63) is 30.7 Å². The molecule has 0 amide bonds. The molecular weight excluding hydrogens is 263 g/mol. The van der Waals surface area contributed by atoms with Crippen molar-refractivity contribution < 1.29 is 27.1 Å². The standard InChI is InChI=1S/C12H10F3NO3/c1-17-9-3-2-8(11-16-4-5-18-11)6-10(9)19-7-12(13,14)15/h2-6H,7H2,1H3. The van der Waals surface area contributed by atoms with Gasteiger partial charge in [0.05, 0.1) is 13.3 Å². The largest absolute Gasteiger partial charge is 0.493 e. The number of halogens is 3. The molecule has 4 nitrogen and oxygen atoms in total. The third-order valence-electron chi connectivity index (χ3n) is 2.23. The number of nitrogens with zero attached hydrogens (tertiary/aromatic N) is 1. The number of oxazole rings is 1. The second-order valence-corrected chi connectivity index (χ2v) is 3.61. The number of ether oxygens (including phenoxy) is 2. The fraction of sp³-hybridized carbons (Fsp3) is 0.250. The van der Waals surface area contributed by atoms with E-state index in [1.807, 2.05) is 0 Å². The average Bonchev–Trinajstić information content (AvgIpc) is 2.89. The lowest BCUT2D eigenvalue weighted by Gasteiger charge is -2.13. The third-order valence-corrected chi connectivity index (χ3v) is 2.23. The summed E-state index contributed by atoms with van der Waals surface area (Å²) < 4.78 is 51.2. The van der Waals surface area contributed by atoms with Crippen LogP contribution in [0.5, 0.6) is 11.5 Å². The van der Waals surface area contributed by atoms with Crippen molar-refractivity contribution in [3.63, 3.8) is 0 Å². The van der Waals surface area contributed by atoms with Gasteiger partial charge in [0.25, 0.3) is 0 Å². The van der Waals surface area contributed by atoms with E-state index in [4.69, 9.17) is 13.9 Å². The zero-order valence-corrected chi connectivity index (χ0v) is 9.90. The first-order valence-electron chi connectivity index (χ1n) is 5.27. The molecule has 0 saturated heterocycles. The maximum Gasteiger partial charge on any atom is 0.422 e. The summed E-state index contributed by atoms with van der Waals surface area (Å²) in [6.07, 6.45) is -1.60. The number of hydrogen-bond acceptors (Lipinski definition) is 4. The summed E-state index contributed by atoms with van der Waals surface area (Å²) in [7, 11) is 1.35. The SMILES string of the molecule is COc1ccc(-c2ncco2)cc1OCC(F)(F)F. The van der Waals surface area contributed by atoms with E-state index in [2.05, 4.69) is 4.98 Å². The van der Waals surface area contributed by atoms with Crippen LogP contribution in [0, 0.1) is 0 Å². The van der Waals surface area contributed by atoms with Crippen LogP contribution in [0.3, 0.4) is 0 Å². The smallest absolute Gasteiger partial charge is 0.422 e. The van der Waals surface area contributed by atoms with Gasteiger partial charge in [0.1, 0.15) is 6.26 Å². The summed E-state index contributed by atoms with van der Waals surface area (Å²) in [5, 5.41) is 0. The van der Waals surface area contributed by atoms with E-state index in [9.17, 15) is 13.2 Å². The summed E-state index contributed by atoms with van der Waals surface area (Å²) in [4.78, 5) is 3.91. The van der Waals surface area contributed by atoms with E-state index < -0.39 is 12.8 Å². The number of aromatic nitrogens is 1. The Labute approximate surface area is 106 Å². The van der Waals surface area contributed by atoms with Gasteiger partial charge < -0.3 is 13.9 Å². The summed E-state index contributed by atoms with van der Waals surface area (Å²) in [5.74, 6) is 0.481. The minimum absolute atomic E-state index is 0.0180. The first kappa shape index (κ1) is 13.3. The highest BCUT2D eigenvalue weighted by atomic mass is 19.4. The van der Waals surface area contributed by atoms with E-state index in [1.54, 1.807) is 6.07 Å². The minimum atomic E-state index is -4.41. The van der Waals surface area contributed by atoms with Crippen LogP contribution >= 0.6 is 0 Å². The van der Waals surface area contributed by atoms with E-state index in [0.717, 1.165) is 0 Å². The highest BCUT2D eigenvalue weighted by Gasteiger charge is 2.29. The molecule has 0 fully saturated rings. The van der Waals surface area contributed by atoms with Crippen molar-refractivity contribution in [2.24, 2.45) is 0 Å². The number of benzene rings is 1. The van der Waals surface area contributed by atoms with Crippen LogP contribution < -0.4 is 9.47 Å². The van der Waals surface area contributed by atoms with Crippen LogP contribution in [0.4, 0.5) is 13.2 Å². The van der Waals surface area contributed by atoms with Crippen LogP contribution in [0.2, 0.25) is 0 Å². The van der Waals surface area contributed by atoms with Gasteiger partial charge >= 0.3 is 6.18 Å². The first-order valence-corrected chi connectivity index (χ1v) is 5.27. The molecule has 1 aromatic heterocycles. The molecule has 7 heteroatoms. The molecule has 2 aromatic rings. The predicted octanol–water partition coefficient (Wildman–Crippen LogP) is 3.29. The lowest BCUT2D eigenvalue weighted by atomic mass is 10.2. The van der Waals surface area contributed by atoms with Gasteiger partial charge in [-0.3, -0.25) is 0 Å². The van der Waals surface area contributed by atoms with Gasteiger partial charge in [-0.05, 0) is 18.2 Å². The van der Waals surface area contributed by atoms with Gasteiger partial charge in [-0.2, -0.15) is 13.2 Å². The highest BCUT2D eigenvalue weighted by molar-refractivity contribution is 5.59. The summed E-state index contributed by atoms with van der Waals surface area (Å²) in [5.41, 5.74) is 0.503. The summed E-state index contributed by atoms with van der Waals surface area (Å²) >= 11 is 0. The van der Waals surface area contributed by atoms with Crippen molar-refractivity contribution >= 4 is 0 Å². The Bertz CT molecular complexity index is 538. The second kappa shape index (κ2) is 5.21. The molecule has 0 saturated carbocycles. The third kappa shape index (κ3) is 3.40. The van der Waals surface area contributed by atoms with E-state index >= 15 is 0 Å². The van der Waals surface area contributed by atoms with E-state index in [1.165, 1.54) is 31.7 Å². The first-order chi connectivity index (χ1) is 8.99. The summed E-state index contributed by atoms with van der Waals surface area (Å²) in [6.45, 7) is -1.39. The molecule has 0 bridgehead atoms. The zero-order chi connectivity index (χ0) is 13.9. The molecule has 0 aliphatic rings. The fourth-order valence-corrected chi connectivity index (χ4v) is 1.45. The Morgan fingerprint density at radius 3 is 2.63 bits per heavy atom. The molecule has 1 aromatic carbocycles. The molecule has 0 aliphatic heterocycles. The van der Waals surface area contributed by atoms with Gasteiger partial charge in [0, 0.05) is 5.56 Å². The molecule has 0 spiro atoms. The fourth-order valence-electron chi connectivity index (χ4n) is 1.45. The molecule has 102 valence electrons. The lowest BCUT2D eigenvalue weighted by molar-refractivity contribution is -0.153. The van der Waals surface area contributed by atoms with Crippen LogP contribution in [-0.4, -0.2) is 24.9 Å². The molecule has 2 rings (SSSR count). The molecule has 1 heterocycles. The zero-order valence-electron chi connectivity index (χ0n) is 9.90. The lowest BCUT2D eigenvalue weighted by Crippen LogP contribution is -2.19. The summed E-state index contributed by atoms with van der Waals surface area (Å²) in [6, 6.07) is 4.49. The molecule has 0 aliphatic carbocycles. The Morgan fingerprint density at radius 1 is 1.26 bits per heavy atom. The molecular formula is C12H10F3NO3. The average molecular weight is 273 g/mol. The molecule has 0 radical (unpaired) electrons. The maximum absolute atomic E-state index is 12.2. The number of rotatable bonds is 4. The normalized spacial score (nSPS) is 11.4. The minimum Gasteiger partial charge on any atom is -0.493 e.